The van der Waals surface area contributed by atoms with E-state index in [1.54, 1.807) is 18.5 Å². The van der Waals surface area contributed by atoms with Gasteiger partial charge in [0.25, 0.3) is 0 Å². The summed E-state index contributed by atoms with van der Waals surface area (Å²) in [6.45, 7) is 5.32. The molecule has 0 bridgehead atoms. The van der Waals surface area contributed by atoms with Crippen molar-refractivity contribution in [3.05, 3.63) is 18.5 Å². The summed E-state index contributed by atoms with van der Waals surface area (Å²) in [7, 11) is 0. The van der Waals surface area contributed by atoms with E-state index in [4.69, 9.17) is 0 Å². The summed E-state index contributed by atoms with van der Waals surface area (Å²) < 4.78 is 0. The minimum atomic E-state index is -0.170. The third-order valence-corrected chi connectivity index (χ3v) is 3.55. The molecule has 120 valence electrons. The predicted molar refractivity (Wildman–Crippen MR) is 82.7 cm³/mol. The number of aromatic nitrogens is 2. The van der Waals surface area contributed by atoms with Crippen molar-refractivity contribution >= 4 is 17.8 Å². The molecule has 1 aliphatic heterocycles. The Morgan fingerprint density at radius 1 is 1.32 bits per heavy atom. The summed E-state index contributed by atoms with van der Waals surface area (Å²) in [6.07, 6.45) is 5.48. The van der Waals surface area contributed by atoms with Gasteiger partial charge in [-0.15, -0.1) is 0 Å². The van der Waals surface area contributed by atoms with Gasteiger partial charge >= 0.3 is 0 Å². The van der Waals surface area contributed by atoms with E-state index in [2.05, 4.69) is 20.8 Å². The van der Waals surface area contributed by atoms with Gasteiger partial charge in [0.05, 0.1) is 5.92 Å². The number of hydrogen-bond donors (Lipinski definition) is 2. The van der Waals surface area contributed by atoms with Crippen LogP contribution in [0.3, 0.4) is 0 Å². The van der Waals surface area contributed by atoms with Gasteiger partial charge < -0.3 is 4.90 Å². The smallest absolute Gasteiger partial charge is 0.243 e. The van der Waals surface area contributed by atoms with Gasteiger partial charge in [-0.05, 0) is 24.8 Å². The first-order chi connectivity index (χ1) is 10.6. The molecule has 1 atom stereocenters. The molecule has 1 unspecified atom stereocenters. The topological polar surface area (TPSA) is 87.2 Å². The highest BCUT2D eigenvalue weighted by Gasteiger charge is 2.27. The third kappa shape index (κ3) is 4.68. The molecule has 22 heavy (non-hydrogen) atoms. The van der Waals surface area contributed by atoms with Crippen LogP contribution in [0.2, 0.25) is 0 Å². The molecule has 1 aromatic rings. The van der Waals surface area contributed by atoms with Crippen LogP contribution in [0.25, 0.3) is 0 Å². The molecule has 7 heteroatoms. The lowest BCUT2D eigenvalue weighted by atomic mass is 9.98. The number of nitrogens with one attached hydrogen (secondary N) is 2. The van der Waals surface area contributed by atoms with E-state index < -0.39 is 0 Å². The van der Waals surface area contributed by atoms with Crippen LogP contribution in [0, 0.1) is 11.8 Å². The standard InChI is InChI=1S/C15H23N5O2/c1-11(2)9-13(21)18-19-14(22)12-5-3-8-20(10-12)15-16-6-4-7-17-15/h4,6-7,11-12H,3,5,8-10H2,1-2H3,(H,18,21)(H,19,22). The number of carbonyl (C=O) groups is 2. The van der Waals surface area contributed by atoms with Crippen LogP contribution in [0.15, 0.2) is 18.5 Å². The zero-order valence-corrected chi connectivity index (χ0v) is 13.1. The summed E-state index contributed by atoms with van der Waals surface area (Å²) in [5.41, 5.74) is 5.00. The van der Waals surface area contributed by atoms with Crippen LogP contribution in [0.5, 0.6) is 0 Å². The van der Waals surface area contributed by atoms with E-state index in [-0.39, 0.29) is 23.7 Å². The maximum atomic E-state index is 12.2. The molecule has 0 saturated carbocycles. The largest absolute Gasteiger partial charge is 0.340 e. The Hall–Kier alpha value is -2.18. The van der Waals surface area contributed by atoms with Crippen LogP contribution in [0.4, 0.5) is 5.95 Å². The van der Waals surface area contributed by atoms with E-state index in [1.165, 1.54) is 0 Å². The van der Waals surface area contributed by atoms with Crippen LogP contribution >= 0.6 is 0 Å². The lowest BCUT2D eigenvalue weighted by Crippen LogP contribution is -2.49. The molecule has 7 nitrogen and oxygen atoms in total. The van der Waals surface area contributed by atoms with Gasteiger partial charge in [-0.2, -0.15) is 0 Å². The van der Waals surface area contributed by atoms with Gasteiger partial charge in [0.15, 0.2) is 0 Å². The van der Waals surface area contributed by atoms with E-state index >= 15 is 0 Å². The summed E-state index contributed by atoms with van der Waals surface area (Å²) in [5, 5.41) is 0. The fourth-order valence-corrected chi connectivity index (χ4v) is 2.48. The zero-order valence-electron chi connectivity index (χ0n) is 13.1. The van der Waals surface area contributed by atoms with Crippen LogP contribution in [-0.2, 0) is 9.59 Å². The second-order valence-corrected chi connectivity index (χ2v) is 5.97. The molecular weight excluding hydrogens is 282 g/mol. The molecule has 1 saturated heterocycles. The number of hydrogen-bond acceptors (Lipinski definition) is 5. The number of anilines is 1. The van der Waals surface area contributed by atoms with Crippen molar-refractivity contribution in [1.82, 2.24) is 20.8 Å². The Morgan fingerprint density at radius 3 is 2.73 bits per heavy atom. The average Bonchev–Trinajstić information content (AvgIpc) is 2.53. The normalized spacial score (nSPS) is 18.1. The fourth-order valence-electron chi connectivity index (χ4n) is 2.48. The molecule has 2 heterocycles. The molecule has 0 aromatic carbocycles. The molecule has 0 radical (unpaired) electrons. The van der Waals surface area contributed by atoms with Gasteiger partial charge in [0, 0.05) is 31.9 Å². The van der Waals surface area contributed by atoms with Crippen molar-refractivity contribution in [1.29, 1.82) is 0 Å². The molecule has 2 rings (SSSR count). The minimum Gasteiger partial charge on any atom is -0.340 e. The SMILES string of the molecule is CC(C)CC(=O)NNC(=O)C1CCCN(c2ncccn2)C1. The molecule has 1 aromatic heterocycles. The quantitative estimate of drug-likeness (QED) is 0.807. The second-order valence-electron chi connectivity index (χ2n) is 5.97. The summed E-state index contributed by atoms with van der Waals surface area (Å²) in [4.78, 5) is 34.2. The summed E-state index contributed by atoms with van der Waals surface area (Å²) in [6, 6.07) is 1.77. The maximum Gasteiger partial charge on any atom is 0.243 e. The number of piperidine rings is 1. The molecule has 1 fully saturated rings. The lowest BCUT2D eigenvalue weighted by Gasteiger charge is -2.31. The van der Waals surface area contributed by atoms with Gasteiger partial charge in [-0.3, -0.25) is 20.4 Å². The molecule has 1 aliphatic rings. The minimum absolute atomic E-state index is 0.155. The molecule has 0 spiro atoms. The van der Waals surface area contributed by atoms with Crippen molar-refractivity contribution in [3.63, 3.8) is 0 Å². The van der Waals surface area contributed by atoms with Gasteiger partial charge in [0.1, 0.15) is 0 Å². The Kier molecular flexibility index (Phi) is 5.68. The van der Waals surface area contributed by atoms with Crippen molar-refractivity contribution in [3.8, 4) is 0 Å². The van der Waals surface area contributed by atoms with Crippen LogP contribution in [0.1, 0.15) is 33.1 Å². The van der Waals surface area contributed by atoms with Gasteiger partial charge in [0.2, 0.25) is 17.8 Å². The van der Waals surface area contributed by atoms with Crippen LogP contribution in [-0.4, -0.2) is 34.9 Å². The predicted octanol–water partition coefficient (Wildman–Crippen LogP) is 0.886. The second kappa shape index (κ2) is 7.72. The van der Waals surface area contributed by atoms with Crippen molar-refractivity contribution in [2.75, 3.05) is 18.0 Å². The highest BCUT2D eigenvalue weighted by Crippen LogP contribution is 2.19. The first-order valence-electron chi connectivity index (χ1n) is 7.67. The first kappa shape index (κ1) is 16.2. The summed E-state index contributed by atoms with van der Waals surface area (Å²) >= 11 is 0. The average molecular weight is 305 g/mol. The highest BCUT2D eigenvalue weighted by atomic mass is 16.2. The molecule has 2 N–H and O–H groups in total. The Labute approximate surface area is 130 Å². The van der Waals surface area contributed by atoms with Crippen molar-refractivity contribution < 1.29 is 9.59 Å². The number of rotatable bonds is 4. The lowest BCUT2D eigenvalue weighted by molar-refractivity contribution is -0.131. The van der Waals surface area contributed by atoms with Gasteiger partial charge in [-0.25, -0.2) is 9.97 Å². The molecule has 0 aliphatic carbocycles. The van der Waals surface area contributed by atoms with Crippen molar-refractivity contribution in [2.24, 2.45) is 11.8 Å². The number of amides is 2. The van der Waals surface area contributed by atoms with Crippen LogP contribution < -0.4 is 15.8 Å². The number of nitrogens with zero attached hydrogens (tertiary/aromatic N) is 3. The Morgan fingerprint density at radius 2 is 2.05 bits per heavy atom. The van der Waals surface area contributed by atoms with E-state index in [1.807, 2.05) is 18.7 Å². The third-order valence-electron chi connectivity index (χ3n) is 3.55. The Balaban J connectivity index is 1.84. The monoisotopic (exact) mass is 305 g/mol. The molecular formula is C15H23N5O2. The molecule has 2 amide bonds. The van der Waals surface area contributed by atoms with E-state index in [0.29, 0.717) is 18.9 Å². The number of carbonyl (C=O) groups excluding carboxylic acids is 2. The maximum absolute atomic E-state index is 12.2. The number of hydrazine groups is 1. The van der Waals surface area contributed by atoms with E-state index in [9.17, 15) is 9.59 Å². The Bertz CT molecular complexity index is 506. The van der Waals surface area contributed by atoms with Crippen molar-refractivity contribution in [2.45, 2.75) is 33.1 Å². The fraction of sp³-hybridized carbons (Fsp3) is 0.600. The first-order valence-corrected chi connectivity index (χ1v) is 7.67. The van der Waals surface area contributed by atoms with E-state index in [0.717, 1.165) is 19.4 Å². The highest BCUT2D eigenvalue weighted by molar-refractivity contribution is 5.83. The zero-order chi connectivity index (χ0) is 15.9. The summed E-state index contributed by atoms with van der Waals surface area (Å²) in [5.74, 6) is 0.415. The van der Waals surface area contributed by atoms with Gasteiger partial charge in [-0.1, -0.05) is 13.8 Å².